The van der Waals surface area contributed by atoms with Crippen LogP contribution in [0, 0.1) is 0 Å². The lowest BCUT2D eigenvalue weighted by Crippen LogP contribution is -2.30. The van der Waals surface area contributed by atoms with Crippen LogP contribution in [-0.2, 0) is 0 Å². The van der Waals surface area contributed by atoms with Gasteiger partial charge in [0.15, 0.2) is 0 Å². The van der Waals surface area contributed by atoms with Gasteiger partial charge in [0.2, 0.25) is 11.9 Å². The molecule has 20 heavy (non-hydrogen) atoms. The Kier molecular flexibility index (Phi) is 5.38. The van der Waals surface area contributed by atoms with E-state index in [4.69, 9.17) is 4.74 Å². The summed E-state index contributed by atoms with van der Waals surface area (Å²) in [5.74, 6) is 1.36. The van der Waals surface area contributed by atoms with Gasteiger partial charge in [-0.05, 0) is 32.6 Å². The normalized spacial score (nSPS) is 18.4. The van der Waals surface area contributed by atoms with Crippen molar-refractivity contribution in [2.24, 2.45) is 0 Å². The van der Waals surface area contributed by atoms with Crippen molar-refractivity contribution in [3.8, 4) is 6.01 Å². The number of aromatic nitrogens is 3. The minimum absolute atomic E-state index is 0.415. The van der Waals surface area contributed by atoms with Gasteiger partial charge in [0.1, 0.15) is 0 Å². The van der Waals surface area contributed by atoms with Crippen molar-refractivity contribution in [3.05, 3.63) is 0 Å². The van der Waals surface area contributed by atoms with E-state index in [1.807, 2.05) is 6.92 Å². The number of rotatable bonds is 7. The molecule has 1 N–H and O–H groups in total. The predicted octanol–water partition coefficient (Wildman–Crippen LogP) is 2.47. The van der Waals surface area contributed by atoms with Crippen LogP contribution in [0.1, 0.15) is 46.5 Å². The minimum Gasteiger partial charge on any atom is -0.464 e. The highest BCUT2D eigenvalue weighted by molar-refractivity contribution is 5.40. The Labute approximate surface area is 121 Å². The summed E-state index contributed by atoms with van der Waals surface area (Å²) in [7, 11) is 0. The van der Waals surface area contributed by atoms with E-state index in [2.05, 4.69) is 39.0 Å². The number of hydrogen-bond donors (Lipinski definition) is 1. The van der Waals surface area contributed by atoms with Crippen LogP contribution in [0.3, 0.4) is 0 Å². The Morgan fingerprint density at radius 1 is 1.25 bits per heavy atom. The summed E-state index contributed by atoms with van der Waals surface area (Å²) in [6, 6.07) is 0.948. The fourth-order valence-corrected chi connectivity index (χ4v) is 2.51. The van der Waals surface area contributed by atoms with Crippen molar-refractivity contribution in [2.45, 2.75) is 52.5 Å². The molecule has 6 nitrogen and oxygen atoms in total. The first-order chi connectivity index (χ1) is 9.78. The second-order valence-electron chi connectivity index (χ2n) is 5.00. The average molecular weight is 279 g/mol. The molecule has 1 aliphatic heterocycles. The number of hydrogen-bond acceptors (Lipinski definition) is 6. The Morgan fingerprint density at radius 3 is 2.80 bits per heavy atom. The first-order valence-electron chi connectivity index (χ1n) is 7.67. The molecule has 0 saturated carbocycles. The molecule has 0 radical (unpaired) electrons. The van der Waals surface area contributed by atoms with Crippen molar-refractivity contribution >= 4 is 11.9 Å². The van der Waals surface area contributed by atoms with Crippen LogP contribution >= 0.6 is 0 Å². The molecule has 6 heteroatoms. The Bertz CT molecular complexity index is 426. The van der Waals surface area contributed by atoms with Gasteiger partial charge in [-0.3, -0.25) is 0 Å². The lowest BCUT2D eigenvalue weighted by Gasteiger charge is -2.24. The molecule has 1 aromatic heterocycles. The van der Waals surface area contributed by atoms with Gasteiger partial charge in [-0.1, -0.05) is 13.8 Å². The average Bonchev–Trinajstić information content (AvgIpc) is 2.93. The molecule has 1 saturated heterocycles. The molecule has 0 amide bonds. The van der Waals surface area contributed by atoms with E-state index in [1.54, 1.807) is 0 Å². The third-order valence-electron chi connectivity index (χ3n) is 3.51. The van der Waals surface area contributed by atoms with E-state index >= 15 is 0 Å². The van der Waals surface area contributed by atoms with E-state index in [9.17, 15) is 0 Å². The molecular formula is C14H25N5O. The molecule has 0 aliphatic carbocycles. The number of nitrogens with zero attached hydrogens (tertiary/aromatic N) is 4. The Hall–Kier alpha value is -1.59. The first-order valence-corrected chi connectivity index (χ1v) is 7.67. The van der Waals surface area contributed by atoms with E-state index in [1.165, 1.54) is 12.8 Å². The number of nitrogens with one attached hydrogen (secondary N) is 1. The Balaban J connectivity index is 2.23. The summed E-state index contributed by atoms with van der Waals surface area (Å²) in [6.45, 7) is 8.70. The van der Waals surface area contributed by atoms with Crippen molar-refractivity contribution in [3.63, 3.8) is 0 Å². The molecule has 2 heterocycles. The number of anilines is 2. The smallest absolute Gasteiger partial charge is 0.323 e. The second-order valence-corrected chi connectivity index (χ2v) is 5.00. The van der Waals surface area contributed by atoms with Gasteiger partial charge in [-0.2, -0.15) is 15.0 Å². The molecule has 1 atom stereocenters. The lowest BCUT2D eigenvalue weighted by molar-refractivity contribution is 0.312. The summed E-state index contributed by atoms with van der Waals surface area (Å²) in [4.78, 5) is 15.6. The van der Waals surface area contributed by atoms with Gasteiger partial charge in [0.25, 0.3) is 0 Å². The topological polar surface area (TPSA) is 63.2 Å². The molecule has 112 valence electrons. The zero-order valence-corrected chi connectivity index (χ0v) is 12.7. The van der Waals surface area contributed by atoms with E-state index in [-0.39, 0.29) is 0 Å². The highest BCUT2D eigenvalue weighted by atomic mass is 16.5. The first kappa shape index (κ1) is 14.8. The van der Waals surface area contributed by atoms with Crippen LogP contribution in [0.2, 0.25) is 0 Å². The van der Waals surface area contributed by atoms with Crippen LogP contribution in [0.15, 0.2) is 0 Å². The van der Waals surface area contributed by atoms with Gasteiger partial charge in [-0.15, -0.1) is 0 Å². The van der Waals surface area contributed by atoms with Gasteiger partial charge in [0, 0.05) is 19.1 Å². The summed E-state index contributed by atoms with van der Waals surface area (Å²) < 4.78 is 5.47. The largest absolute Gasteiger partial charge is 0.464 e. The van der Waals surface area contributed by atoms with Gasteiger partial charge < -0.3 is 15.0 Å². The maximum absolute atomic E-state index is 5.47. The molecule has 1 unspecified atom stereocenters. The highest BCUT2D eigenvalue weighted by Gasteiger charge is 2.26. The third kappa shape index (κ3) is 3.49. The fourth-order valence-electron chi connectivity index (χ4n) is 2.51. The zero-order chi connectivity index (χ0) is 14.4. The molecule has 1 aliphatic rings. The molecule has 1 fully saturated rings. The molecule has 2 rings (SSSR count). The van der Waals surface area contributed by atoms with Crippen LogP contribution in [0.5, 0.6) is 6.01 Å². The highest BCUT2D eigenvalue weighted by Crippen LogP contribution is 2.26. The van der Waals surface area contributed by atoms with Gasteiger partial charge >= 0.3 is 6.01 Å². The molecular weight excluding hydrogens is 254 g/mol. The number of ether oxygens (including phenoxy) is 1. The van der Waals surface area contributed by atoms with Crippen molar-refractivity contribution < 1.29 is 4.74 Å². The summed E-state index contributed by atoms with van der Waals surface area (Å²) in [5, 5.41) is 3.22. The maximum atomic E-state index is 5.47. The van der Waals surface area contributed by atoms with E-state index in [0.717, 1.165) is 31.9 Å². The van der Waals surface area contributed by atoms with Crippen molar-refractivity contribution in [1.82, 2.24) is 15.0 Å². The third-order valence-corrected chi connectivity index (χ3v) is 3.51. The van der Waals surface area contributed by atoms with Crippen LogP contribution in [0.4, 0.5) is 11.9 Å². The SMILES string of the molecule is CCCNc1nc(OCC)nc(N2CCCC2CC)n1. The maximum Gasteiger partial charge on any atom is 0.323 e. The van der Waals surface area contributed by atoms with Crippen LogP contribution < -0.4 is 15.0 Å². The standard InChI is InChI=1S/C14H25N5O/c1-4-9-15-12-16-13(18-14(17-12)20-6-3)19-10-7-8-11(19)5-2/h11H,4-10H2,1-3H3,(H,15,16,17,18). The zero-order valence-electron chi connectivity index (χ0n) is 12.7. The van der Waals surface area contributed by atoms with Gasteiger partial charge in [-0.25, -0.2) is 0 Å². The van der Waals surface area contributed by atoms with Crippen LogP contribution in [0.25, 0.3) is 0 Å². The monoisotopic (exact) mass is 279 g/mol. The minimum atomic E-state index is 0.415. The molecule has 1 aromatic rings. The summed E-state index contributed by atoms with van der Waals surface area (Å²) >= 11 is 0. The molecule has 0 bridgehead atoms. The summed E-state index contributed by atoms with van der Waals surface area (Å²) in [5.41, 5.74) is 0. The second kappa shape index (κ2) is 7.26. The van der Waals surface area contributed by atoms with E-state index in [0.29, 0.717) is 24.6 Å². The van der Waals surface area contributed by atoms with Crippen molar-refractivity contribution in [1.29, 1.82) is 0 Å². The predicted molar refractivity (Wildman–Crippen MR) is 80.4 cm³/mol. The molecule has 0 aromatic carbocycles. The van der Waals surface area contributed by atoms with Crippen molar-refractivity contribution in [2.75, 3.05) is 29.9 Å². The molecule has 0 spiro atoms. The van der Waals surface area contributed by atoms with Crippen LogP contribution in [-0.4, -0.2) is 40.7 Å². The fraction of sp³-hybridized carbons (Fsp3) is 0.786. The Morgan fingerprint density at radius 2 is 2.10 bits per heavy atom. The lowest BCUT2D eigenvalue weighted by atomic mass is 10.2. The quantitative estimate of drug-likeness (QED) is 0.827. The van der Waals surface area contributed by atoms with Gasteiger partial charge in [0.05, 0.1) is 6.61 Å². The van der Waals surface area contributed by atoms with E-state index < -0.39 is 0 Å². The summed E-state index contributed by atoms with van der Waals surface area (Å²) in [6.07, 6.45) is 4.56.